The molecule has 0 radical (unpaired) electrons. The molecule has 0 amide bonds. The number of anilines is 2. The summed E-state index contributed by atoms with van der Waals surface area (Å²) >= 11 is 6.26. The maximum absolute atomic E-state index is 12.8. The van der Waals surface area contributed by atoms with Gasteiger partial charge in [0.05, 0.1) is 34.3 Å². The van der Waals surface area contributed by atoms with E-state index in [1.807, 2.05) is 17.9 Å². The van der Waals surface area contributed by atoms with Gasteiger partial charge in [-0.05, 0) is 50.8 Å². The van der Waals surface area contributed by atoms with Gasteiger partial charge in [-0.25, -0.2) is 9.97 Å². The molecule has 3 heterocycles. The van der Waals surface area contributed by atoms with Gasteiger partial charge in [-0.15, -0.1) is 0 Å². The number of halogens is 4. The first-order valence-electron chi connectivity index (χ1n) is 11.0. The molecule has 2 aliphatic rings. The van der Waals surface area contributed by atoms with E-state index < -0.39 is 12.6 Å². The summed E-state index contributed by atoms with van der Waals surface area (Å²) in [6, 6.07) is 7.18. The summed E-state index contributed by atoms with van der Waals surface area (Å²) in [7, 11) is 0. The molecule has 0 aliphatic carbocycles. The van der Waals surface area contributed by atoms with Crippen molar-refractivity contribution in [2.24, 2.45) is 0 Å². The van der Waals surface area contributed by atoms with Crippen LogP contribution in [0.5, 0.6) is 5.88 Å². The summed E-state index contributed by atoms with van der Waals surface area (Å²) in [5.41, 5.74) is 1.78. The fraction of sp³-hybridized carbons (Fsp3) is 0.522. The second-order valence-electron chi connectivity index (χ2n) is 8.64. The molecular weight excluding hydrogens is 455 g/mol. The van der Waals surface area contributed by atoms with Crippen LogP contribution < -0.4 is 10.1 Å². The van der Waals surface area contributed by atoms with Crippen LogP contribution in [0.3, 0.4) is 0 Å². The smallest absolute Gasteiger partial charge is 0.390 e. The number of nitrogens with one attached hydrogen (secondary N) is 1. The first kappa shape index (κ1) is 23.6. The van der Waals surface area contributed by atoms with E-state index in [0.717, 1.165) is 19.3 Å². The summed E-state index contributed by atoms with van der Waals surface area (Å²) in [6.07, 6.45) is 0.566. The minimum Gasteiger partial charge on any atom is -0.474 e. The van der Waals surface area contributed by atoms with Gasteiger partial charge >= 0.3 is 6.18 Å². The highest BCUT2D eigenvalue weighted by atomic mass is 35.5. The summed E-state index contributed by atoms with van der Waals surface area (Å²) < 4.78 is 44.5. The topological polar surface area (TPSA) is 74.1 Å². The average molecular weight is 480 g/mol. The average Bonchev–Trinajstić information content (AvgIpc) is 2.75. The highest BCUT2D eigenvalue weighted by molar-refractivity contribution is 6.33. The molecule has 2 bridgehead atoms. The molecule has 176 valence electrons. The van der Waals surface area contributed by atoms with Crippen molar-refractivity contribution in [3.63, 3.8) is 0 Å². The number of hydrogen-bond donors (Lipinski definition) is 1. The van der Waals surface area contributed by atoms with Crippen molar-refractivity contribution >= 4 is 23.1 Å². The Morgan fingerprint density at radius 1 is 1.24 bits per heavy atom. The highest BCUT2D eigenvalue weighted by Gasteiger charge is 2.41. The van der Waals surface area contributed by atoms with Crippen molar-refractivity contribution in [2.75, 3.05) is 11.9 Å². The number of ether oxygens (including phenoxy) is 1. The van der Waals surface area contributed by atoms with Gasteiger partial charge < -0.3 is 10.1 Å². The number of hydrogen-bond acceptors (Lipinski definition) is 6. The zero-order chi connectivity index (χ0) is 23.6. The zero-order valence-electron chi connectivity index (χ0n) is 18.2. The Labute approximate surface area is 195 Å². The molecule has 0 spiro atoms. The first-order chi connectivity index (χ1) is 15.7. The van der Waals surface area contributed by atoms with Crippen LogP contribution in [-0.4, -0.2) is 45.8 Å². The van der Waals surface area contributed by atoms with E-state index >= 15 is 0 Å². The summed E-state index contributed by atoms with van der Waals surface area (Å²) in [4.78, 5) is 10.6. The van der Waals surface area contributed by atoms with Gasteiger partial charge in [-0.1, -0.05) is 18.0 Å². The summed E-state index contributed by atoms with van der Waals surface area (Å²) in [5.74, 6) is 0.985. The summed E-state index contributed by atoms with van der Waals surface area (Å²) in [6.45, 7) is 1.89. The van der Waals surface area contributed by atoms with Crippen molar-refractivity contribution in [1.82, 2.24) is 14.9 Å². The maximum Gasteiger partial charge on any atom is 0.390 e. The molecule has 2 saturated heterocycles. The van der Waals surface area contributed by atoms with Gasteiger partial charge in [0.25, 0.3) is 0 Å². The van der Waals surface area contributed by atoms with Gasteiger partial charge in [0, 0.05) is 18.6 Å². The van der Waals surface area contributed by atoms with Crippen LogP contribution in [0.1, 0.15) is 49.7 Å². The molecule has 2 unspecified atom stereocenters. The lowest BCUT2D eigenvalue weighted by atomic mass is 9.82. The van der Waals surface area contributed by atoms with Crippen molar-refractivity contribution in [3.8, 4) is 11.9 Å². The number of nitriles is 1. The van der Waals surface area contributed by atoms with Crippen molar-refractivity contribution in [2.45, 2.75) is 69.8 Å². The van der Waals surface area contributed by atoms with E-state index in [9.17, 15) is 13.2 Å². The summed E-state index contributed by atoms with van der Waals surface area (Å²) in [5, 5.41) is 12.6. The Morgan fingerprint density at radius 2 is 1.97 bits per heavy atom. The van der Waals surface area contributed by atoms with Gasteiger partial charge in [-0.2, -0.15) is 18.4 Å². The molecule has 2 fully saturated rings. The van der Waals surface area contributed by atoms with Crippen molar-refractivity contribution in [3.05, 3.63) is 40.7 Å². The third-order valence-electron chi connectivity index (χ3n) is 6.40. The van der Waals surface area contributed by atoms with Crippen molar-refractivity contribution < 1.29 is 17.9 Å². The first-order valence-corrected chi connectivity index (χ1v) is 11.4. The van der Waals surface area contributed by atoms with Gasteiger partial charge in [-0.3, -0.25) is 4.90 Å². The predicted molar refractivity (Wildman–Crippen MR) is 119 cm³/mol. The minimum atomic E-state index is -4.14. The van der Waals surface area contributed by atoms with Gasteiger partial charge in [0.2, 0.25) is 5.88 Å². The maximum atomic E-state index is 12.8. The Morgan fingerprint density at radius 3 is 2.61 bits per heavy atom. The third kappa shape index (κ3) is 5.68. The number of alkyl halides is 3. The second kappa shape index (κ2) is 9.74. The molecule has 1 aromatic carbocycles. The fourth-order valence-electron chi connectivity index (χ4n) is 4.80. The molecule has 33 heavy (non-hydrogen) atoms. The quantitative estimate of drug-likeness (QED) is 0.567. The van der Waals surface area contributed by atoms with Crippen LogP contribution in [0.25, 0.3) is 0 Å². The Hall–Kier alpha value is -2.57. The Bertz CT molecular complexity index is 1030. The molecular formula is C23H25ClF3N5O. The van der Waals surface area contributed by atoms with Gasteiger partial charge in [0.15, 0.2) is 0 Å². The largest absolute Gasteiger partial charge is 0.474 e. The second-order valence-corrected chi connectivity index (χ2v) is 9.04. The van der Waals surface area contributed by atoms with E-state index in [-0.39, 0.29) is 24.7 Å². The number of nitrogens with zero attached hydrogens (tertiary/aromatic N) is 4. The van der Waals surface area contributed by atoms with Crippen LogP contribution in [0.4, 0.5) is 24.7 Å². The predicted octanol–water partition coefficient (Wildman–Crippen LogP) is 5.77. The van der Waals surface area contributed by atoms with E-state index in [0.29, 0.717) is 46.4 Å². The third-order valence-corrected chi connectivity index (χ3v) is 6.72. The molecule has 1 aromatic heterocycles. The van der Waals surface area contributed by atoms with E-state index in [2.05, 4.69) is 15.3 Å². The lowest BCUT2D eigenvalue weighted by Gasteiger charge is -2.48. The van der Waals surface area contributed by atoms with E-state index in [4.69, 9.17) is 21.6 Å². The lowest BCUT2D eigenvalue weighted by molar-refractivity contribution is -0.144. The molecule has 2 atom stereocenters. The molecule has 1 N–H and O–H groups in total. The molecule has 4 rings (SSSR count). The molecule has 6 nitrogen and oxygen atoms in total. The van der Waals surface area contributed by atoms with Crippen molar-refractivity contribution in [1.29, 1.82) is 5.26 Å². The number of fused-ring (bicyclic) bond motifs is 2. The number of rotatable bonds is 6. The number of aromatic nitrogens is 2. The van der Waals surface area contributed by atoms with Crippen LogP contribution in [0.15, 0.2) is 24.5 Å². The fourth-order valence-corrected chi connectivity index (χ4v) is 5.02. The van der Waals surface area contributed by atoms with Crippen LogP contribution in [-0.2, 0) is 0 Å². The van der Waals surface area contributed by atoms with E-state index in [1.165, 1.54) is 6.33 Å². The van der Waals surface area contributed by atoms with Crippen LogP contribution in [0.2, 0.25) is 5.02 Å². The molecule has 0 saturated carbocycles. The Balaban J connectivity index is 1.44. The highest BCUT2D eigenvalue weighted by Crippen LogP contribution is 2.37. The Kier molecular flexibility index (Phi) is 6.96. The molecule has 2 aromatic rings. The SMILES string of the molecule is Cc1c(Nc2ccc(C#N)cc2Cl)ncnc1OC1CC2CCCC(C1)N2CCC(F)(F)F. The van der Waals surface area contributed by atoms with Gasteiger partial charge in [0.1, 0.15) is 18.2 Å². The standard InChI is InChI=1S/C23H25ClF3N5O/c1-14-21(31-20-6-5-15(12-28)9-19(20)24)29-13-30-22(14)33-18-10-16-3-2-4-17(11-18)32(16)8-7-23(25,26)27/h5-6,9,13,16-18H,2-4,7-8,10-11H2,1H3,(H,29,30,31). The molecule has 10 heteroatoms. The van der Waals surface area contributed by atoms with Crippen LogP contribution >= 0.6 is 11.6 Å². The zero-order valence-corrected chi connectivity index (χ0v) is 19.0. The molecule has 2 aliphatic heterocycles. The number of piperidine rings is 2. The van der Waals surface area contributed by atoms with E-state index in [1.54, 1.807) is 18.2 Å². The monoisotopic (exact) mass is 479 g/mol. The number of benzene rings is 1. The normalized spacial score (nSPS) is 23.1. The lowest BCUT2D eigenvalue weighted by Crippen LogP contribution is -2.55. The minimum absolute atomic E-state index is 0.0531. The van der Waals surface area contributed by atoms with Crippen LogP contribution in [0, 0.1) is 18.3 Å².